The molecule has 1 fully saturated rings. The van der Waals surface area contributed by atoms with Crippen LogP contribution in [0, 0.1) is 0 Å². The second-order valence-electron chi connectivity index (χ2n) is 4.85. The number of hydrogen-bond donors (Lipinski definition) is 1. The summed E-state index contributed by atoms with van der Waals surface area (Å²) in [7, 11) is 1.56. The first-order valence-electron chi connectivity index (χ1n) is 6.98. The second-order valence-corrected chi connectivity index (χ2v) is 5.92. The van der Waals surface area contributed by atoms with Gasteiger partial charge in [-0.2, -0.15) is 0 Å². The van der Waals surface area contributed by atoms with Gasteiger partial charge in [-0.15, -0.1) is 11.8 Å². The van der Waals surface area contributed by atoms with E-state index in [-0.39, 0.29) is 17.2 Å². The van der Waals surface area contributed by atoms with Crippen molar-refractivity contribution in [2.75, 3.05) is 12.9 Å². The molecule has 6 nitrogen and oxygen atoms in total. The summed E-state index contributed by atoms with van der Waals surface area (Å²) in [5.41, 5.74) is 3.86. The lowest BCUT2D eigenvalue weighted by Gasteiger charge is -2.23. The summed E-state index contributed by atoms with van der Waals surface area (Å²) >= 11 is 1.43. The minimum Gasteiger partial charge on any atom is -0.497 e. The number of hydrogen-bond acceptors (Lipinski definition) is 5. The fourth-order valence-corrected chi connectivity index (χ4v) is 3.27. The number of hydrazine groups is 1. The molecule has 1 atom stereocenters. The first kappa shape index (κ1) is 15.4. The molecule has 7 heteroatoms. The van der Waals surface area contributed by atoms with Crippen molar-refractivity contribution in [3.05, 3.63) is 59.9 Å². The van der Waals surface area contributed by atoms with Crippen molar-refractivity contribution >= 4 is 23.6 Å². The molecule has 118 valence electrons. The number of thioether (sulfide) groups is 1. The van der Waals surface area contributed by atoms with Crippen LogP contribution in [-0.4, -0.2) is 34.7 Å². The van der Waals surface area contributed by atoms with E-state index < -0.39 is 0 Å². The third kappa shape index (κ3) is 3.29. The maximum Gasteiger partial charge on any atom is 0.269 e. The molecule has 3 rings (SSSR count). The van der Waals surface area contributed by atoms with Gasteiger partial charge in [0.15, 0.2) is 0 Å². The van der Waals surface area contributed by atoms with E-state index in [2.05, 4.69) is 10.4 Å². The third-order valence-electron chi connectivity index (χ3n) is 3.38. The predicted molar refractivity (Wildman–Crippen MR) is 86.7 cm³/mol. The highest BCUT2D eigenvalue weighted by Gasteiger charge is 2.35. The Kier molecular flexibility index (Phi) is 4.47. The number of benzene rings is 1. The van der Waals surface area contributed by atoms with Gasteiger partial charge in [0.05, 0.1) is 18.6 Å². The van der Waals surface area contributed by atoms with Gasteiger partial charge in [-0.25, -0.2) is 5.01 Å². The lowest BCUT2D eigenvalue weighted by molar-refractivity contribution is -0.130. The van der Waals surface area contributed by atoms with E-state index in [1.54, 1.807) is 37.6 Å². The number of ether oxygens (including phenoxy) is 1. The van der Waals surface area contributed by atoms with Gasteiger partial charge in [0.25, 0.3) is 11.8 Å². The molecule has 2 aromatic rings. The Bertz CT molecular complexity index is 706. The number of carbonyl (C=O) groups is 2. The van der Waals surface area contributed by atoms with Crippen LogP contribution >= 0.6 is 11.8 Å². The summed E-state index contributed by atoms with van der Waals surface area (Å²) in [6, 6.07) is 12.2. The molecule has 1 aromatic carbocycles. The largest absolute Gasteiger partial charge is 0.497 e. The minimum atomic E-state index is -0.343. The van der Waals surface area contributed by atoms with Gasteiger partial charge in [-0.1, -0.05) is 6.07 Å². The van der Waals surface area contributed by atoms with Gasteiger partial charge in [0, 0.05) is 11.8 Å². The topological polar surface area (TPSA) is 71.5 Å². The average Bonchev–Trinajstić information content (AvgIpc) is 2.96. The zero-order chi connectivity index (χ0) is 16.2. The Morgan fingerprint density at radius 1 is 1.30 bits per heavy atom. The van der Waals surface area contributed by atoms with Crippen LogP contribution in [-0.2, 0) is 4.79 Å². The summed E-state index contributed by atoms with van der Waals surface area (Å²) in [5.74, 6) is 0.488. The van der Waals surface area contributed by atoms with Gasteiger partial charge in [0.2, 0.25) is 0 Å². The van der Waals surface area contributed by atoms with Gasteiger partial charge in [0.1, 0.15) is 11.1 Å². The summed E-state index contributed by atoms with van der Waals surface area (Å²) in [6.07, 6.45) is 1.67. The normalized spacial score (nSPS) is 17.2. The van der Waals surface area contributed by atoms with Crippen LogP contribution in [0.1, 0.15) is 21.4 Å². The molecule has 1 N–H and O–H groups in total. The van der Waals surface area contributed by atoms with Crippen LogP contribution in [0.2, 0.25) is 0 Å². The fourth-order valence-electron chi connectivity index (χ4n) is 2.20. The van der Waals surface area contributed by atoms with Crippen LogP contribution in [0.15, 0.2) is 48.7 Å². The Labute approximate surface area is 137 Å². The lowest BCUT2D eigenvalue weighted by atomic mass is 10.2. The average molecular weight is 329 g/mol. The molecular weight excluding hydrogens is 314 g/mol. The first-order chi connectivity index (χ1) is 11.2. The van der Waals surface area contributed by atoms with E-state index in [1.807, 2.05) is 18.2 Å². The highest BCUT2D eigenvalue weighted by molar-refractivity contribution is 8.00. The molecule has 1 aliphatic heterocycles. The van der Waals surface area contributed by atoms with E-state index >= 15 is 0 Å². The number of rotatable bonds is 4. The quantitative estimate of drug-likeness (QED) is 0.929. The maximum atomic E-state index is 12.3. The molecule has 23 heavy (non-hydrogen) atoms. The van der Waals surface area contributed by atoms with Crippen LogP contribution in [0.5, 0.6) is 5.75 Å². The van der Waals surface area contributed by atoms with Gasteiger partial charge < -0.3 is 4.74 Å². The number of nitrogens with zero attached hydrogens (tertiary/aromatic N) is 2. The molecule has 1 aliphatic rings. The molecule has 0 bridgehead atoms. The summed E-state index contributed by atoms with van der Waals surface area (Å²) in [5, 5.41) is 1.03. The number of carbonyl (C=O) groups excluding carboxylic acids is 2. The molecule has 2 heterocycles. The Balaban J connectivity index is 1.76. The summed E-state index contributed by atoms with van der Waals surface area (Å²) in [6.45, 7) is 0. The lowest BCUT2D eigenvalue weighted by Crippen LogP contribution is -2.44. The fraction of sp³-hybridized carbons (Fsp3) is 0.188. The van der Waals surface area contributed by atoms with E-state index in [4.69, 9.17) is 4.74 Å². The Morgan fingerprint density at radius 3 is 2.74 bits per heavy atom. The highest BCUT2D eigenvalue weighted by Crippen LogP contribution is 2.36. The summed E-state index contributed by atoms with van der Waals surface area (Å²) < 4.78 is 5.07. The van der Waals surface area contributed by atoms with Crippen LogP contribution in [0.4, 0.5) is 0 Å². The monoisotopic (exact) mass is 329 g/mol. The molecule has 1 saturated heterocycles. The molecular formula is C16H15N3O3S. The second kappa shape index (κ2) is 6.70. The van der Waals surface area contributed by atoms with Gasteiger partial charge in [-0.3, -0.25) is 20.0 Å². The molecule has 0 saturated carbocycles. The smallest absolute Gasteiger partial charge is 0.269 e. The number of aromatic nitrogens is 1. The number of pyridine rings is 1. The van der Waals surface area contributed by atoms with Crippen molar-refractivity contribution < 1.29 is 14.3 Å². The number of methoxy groups -OCH3 is 1. The van der Waals surface area contributed by atoms with Crippen molar-refractivity contribution in [1.82, 2.24) is 15.4 Å². The van der Waals surface area contributed by atoms with Crippen molar-refractivity contribution in [3.8, 4) is 5.75 Å². The Morgan fingerprint density at radius 2 is 2.09 bits per heavy atom. The van der Waals surface area contributed by atoms with Crippen LogP contribution < -0.4 is 10.2 Å². The maximum absolute atomic E-state index is 12.3. The SMILES string of the molecule is COc1ccc(C(=O)NN2C(=O)CSC2c2ccccn2)cc1. The molecule has 2 amide bonds. The summed E-state index contributed by atoms with van der Waals surface area (Å²) in [4.78, 5) is 28.7. The van der Waals surface area contributed by atoms with E-state index in [0.29, 0.717) is 17.1 Å². The molecule has 0 spiro atoms. The van der Waals surface area contributed by atoms with Gasteiger partial charge >= 0.3 is 0 Å². The van der Waals surface area contributed by atoms with Crippen molar-refractivity contribution in [2.24, 2.45) is 0 Å². The third-order valence-corrected chi connectivity index (χ3v) is 4.56. The zero-order valence-corrected chi connectivity index (χ0v) is 13.2. The minimum absolute atomic E-state index is 0.146. The molecule has 0 aliphatic carbocycles. The number of amides is 2. The van der Waals surface area contributed by atoms with Crippen molar-refractivity contribution in [1.29, 1.82) is 0 Å². The van der Waals surface area contributed by atoms with Crippen LogP contribution in [0.3, 0.4) is 0 Å². The Hall–Kier alpha value is -2.54. The number of nitrogens with one attached hydrogen (secondary N) is 1. The standard InChI is InChI=1S/C16H15N3O3S/c1-22-12-7-5-11(6-8-12)15(21)18-19-14(20)10-23-16(19)13-4-2-3-9-17-13/h2-9,16H,10H2,1H3,(H,18,21). The highest BCUT2D eigenvalue weighted by atomic mass is 32.2. The van der Waals surface area contributed by atoms with Gasteiger partial charge in [-0.05, 0) is 36.4 Å². The molecule has 1 unspecified atom stereocenters. The van der Waals surface area contributed by atoms with E-state index in [0.717, 1.165) is 5.69 Å². The molecule has 1 aromatic heterocycles. The van der Waals surface area contributed by atoms with E-state index in [9.17, 15) is 9.59 Å². The predicted octanol–water partition coefficient (Wildman–Crippen LogP) is 2.01. The first-order valence-corrected chi connectivity index (χ1v) is 8.03. The van der Waals surface area contributed by atoms with Crippen molar-refractivity contribution in [3.63, 3.8) is 0 Å². The zero-order valence-electron chi connectivity index (χ0n) is 12.4. The van der Waals surface area contributed by atoms with Crippen molar-refractivity contribution in [2.45, 2.75) is 5.37 Å². The molecule has 0 radical (unpaired) electrons. The van der Waals surface area contributed by atoms with Crippen LogP contribution in [0.25, 0.3) is 0 Å². The van der Waals surface area contributed by atoms with E-state index in [1.165, 1.54) is 16.8 Å².